The highest BCUT2D eigenvalue weighted by Gasteiger charge is 2.26. The zero-order valence-electron chi connectivity index (χ0n) is 15.3. The molecule has 1 atom stereocenters. The van der Waals surface area contributed by atoms with Crippen LogP contribution >= 0.6 is 0 Å². The first-order chi connectivity index (χ1) is 11.8. The lowest BCUT2D eigenvalue weighted by molar-refractivity contribution is -0.146. The zero-order valence-corrected chi connectivity index (χ0v) is 15.3. The van der Waals surface area contributed by atoms with Crippen LogP contribution in [0, 0.1) is 11.8 Å². The molecule has 1 aromatic rings. The van der Waals surface area contributed by atoms with Gasteiger partial charge in [-0.05, 0) is 44.0 Å². The molecule has 0 fully saturated rings. The van der Waals surface area contributed by atoms with Gasteiger partial charge >= 0.3 is 5.97 Å². The SMILES string of the molecule is CCOC(=O)C(/C(C)=N/NC(=O)c1ccc(NC(C)=O)cc1)C(C)C. The Labute approximate surface area is 147 Å². The van der Waals surface area contributed by atoms with Gasteiger partial charge in [-0.25, -0.2) is 5.43 Å². The van der Waals surface area contributed by atoms with Crippen LogP contribution in [0.15, 0.2) is 29.4 Å². The Kier molecular flexibility index (Phi) is 7.78. The highest BCUT2D eigenvalue weighted by Crippen LogP contribution is 2.15. The van der Waals surface area contributed by atoms with Crippen molar-refractivity contribution in [2.24, 2.45) is 16.9 Å². The first-order valence-electron chi connectivity index (χ1n) is 8.15. The van der Waals surface area contributed by atoms with Crippen LogP contribution in [0.25, 0.3) is 0 Å². The van der Waals surface area contributed by atoms with Crippen LogP contribution in [0.3, 0.4) is 0 Å². The zero-order chi connectivity index (χ0) is 19.0. The van der Waals surface area contributed by atoms with Gasteiger partial charge in [-0.3, -0.25) is 14.4 Å². The van der Waals surface area contributed by atoms with Crippen LogP contribution in [0.4, 0.5) is 5.69 Å². The van der Waals surface area contributed by atoms with Gasteiger partial charge in [0.05, 0.1) is 12.5 Å². The highest BCUT2D eigenvalue weighted by molar-refractivity contribution is 6.02. The molecule has 0 heterocycles. The average Bonchev–Trinajstić information content (AvgIpc) is 2.52. The molecule has 0 radical (unpaired) electrons. The average molecular weight is 347 g/mol. The largest absolute Gasteiger partial charge is 0.465 e. The third-order valence-corrected chi connectivity index (χ3v) is 3.46. The predicted molar refractivity (Wildman–Crippen MR) is 96.3 cm³/mol. The van der Waals surface area contributed by atoms with Crippen molar-refractivity contribution < 1.29 is 19.1 Å². The summed E-state index contributed by atoms with van der Waals surface area (Å²) in [7, 11) is 0. The molecule has 0 aliphatic carbocycles. The molecule has 0 bridgehead atoms. The number of carbonyl (C=O) groups is 3. The molecule has 2 N–H and O–H groups in total. The van der Waals surface area contributed by atoms with Crippen molar-refractivity contribution in [3.63, 3.8) is 0 Å². The van der Waals surface area contributed by atoms with E-state index in [-0.39, 0.29) is 17.8 Å². The minimum absolute atomic E-state index is 0.00311. The maximum atomic E-state index is 12.1. The second kappa shape index (κ2) is 9.56. The Morgan fingerprint density at radius 2 is 1.72 bits per heavy atom. The second-order valence-corrected chi connectivity index (χ2v) is 5.93. The molecule has 0 aliphatic rings. The summed E-state index contributed by atoms with van der Waals surface area (Å²) in [4.78, 5) is 35.1. The maximum absolute atomic E-state index is 12.1. The molecule has 0 aromatic heterocycles. The van der Waals surface area contributed by atoms with Crippen molar-refractivity contribution in [3.05, 3.63) is 29.8 Å². The fourth-order valence-electron chi connectivity index (χ4n) is 2.34. The molecule has 25 heavy (non-hydrogen) atoms. The number of nitrogens with one attached hydrogen (secondary N) is 2. The Morgan fingerprint density at radius 3 is 2.20 bits per heavy atom. The Hall–Kier alpha value is -2.70. The van der Waals surface area contributed by atoms with Crippen LogP contribution in [0.5, 0.6) is 0 Å². The summed E-state index contributed by atoms with van der Waals surface area (Å²) in [5, 5.41) is 6.67. The van der Waals surface area contributed by atoms with Crippen LogP contribution in [0.2, 0.25) is 0 Å². The normalized spacial score (nSPS) is 12.5. The van der Waals surface area contributed by atoms with E-state index in [9.17, 15) is 14.4 Å². The molecule has 2 amide bonds. The van der Waals surface area contributed by atoms with Crippen LogP contribution in [-0.4, -0.2) is 30.1 Å². The molecule has 0 aliphatic heterocycles. The lowest BCUT2D eigenvalue weighted by atomic mass is 9.92. The monoisotopic (exact) mass is 347 g/mol. The third-order valence-electron chi connectivity index (χ3n) is 3.46. The number of carbonyl (C=O) groups excluding carboxylic acids is 3. The van der Waals surface area contributed by atoms with E-state index in [0.717, 1.165) is 0 Å². The molecular formula is C18H25N3O4. The molecule has 0 saturated carbocycles. The molecular weight excluding hydrogens is 322 g/mol. The third kappa shape index (κ3) is 6.37. The van der Waals surface area contributed by atoms with E-state index >= 15 is 0 Å². The Morgan fingerprint density at radius 1 is 1.12 bits per heavy atom. The number of hydrazone groups is 1. The number of hydrogen-bond acceptors (Lipinski definition) is 5. The number of rotatable bonds is 7. The Bertz CT molecular complexity index is 651. The quantitative estimate of drug-likeness (QED) is 0.450. The summed E-state index contributed by atoms with van der Waals surface area (Å²) < 4.78 is 5.06. The molecule has 1 rings (SSSR count). The van der Waals surface area contributed by atoms with E-state index in [1.165, 1.54) is 6.92 Å². The topological polar surface area (TPSA) is 96.9 Å². The van der Waals surface area contributed by atoms with Crippen LogP contribution in [0.1, 0.15) is 45.0 Å². The molecule has 7 heteroatoms. The number of nitrogens with zero attached hydrogens (tertiary/aromatic N) is 1. The van der Waals surface area contributed by atoms with Crippen molar-refractivity contribution in [2.75, 3.05) is 11.9 Å². The summed E-state index contributed by atoms with van der Waals surface area (Å²) in [6, 6.07) is 6.41. The van der Waals surface area contributed by atoms with Gasteiger partial charge in [0.15, 0.2) is 0 Å². The Balaban J connectivity index is 2.79. The van der Waals surface area contributed by atoms with E-state index < -0.39 is 11.8 Å². The minimum atomic E-state index is -0.512. The summed E-state index contributed by atoms with van der Waals surface area (Å²) in [6.45, 7) is 8.91. The van der Waals surface area contributed by atoms with Crippen molar-refractivity contribution in [1.29, 1.82) is 0 Å². The smallest absolute Gasteiger partial charge is 0.314 e. The van der Waals surface area contributed by atoms with Gasteiger partial charge in [-0.2, -0.15) is 5.10 Å². The van der Waals surface area contributed by atoms with Gasteiger partial charge in [-0.1, -0.05) is 13.8 Å². The van der Waals surface area contributed by atoms with Crippen molar-refractivity contribution in [3.8, 4) is 0 Å². The fourth-order valence-corrected chi connectivity index (χ4v) is 2.34. The van der Waals surface area contributed by atoms with Crippen molar-refractivity contribution >= 4 is 29.2 Å². The fraction of sp³-hybridized carbons (Fsp3) is 0.444. The lowest BCUT2D eigenvalue weighted by Gasteiger charge is -2.18. The number of benzene rings is 1. The molecule has 1 aromatic carbocycles. The number of anilines is 1. The number of hydrogen-bond donors (Lipinski definition) is 2. The van der Waals surface area contributed by atoms with E-state index in [1.807, 2.05) is 13.8 Å². The molecule has 1 unspecified atom stereocenters. The maximum Gasteiger partial charge on any atom is 0.314 e. The van der Waals surface area contributed by atoms with Gasteiger partial charge in [0.1, 0.15) is 0 Å². The van der Waals surface area contributed by atoms with E-state index in [0.29, 0.717) is 23.6 Å². The minimum Gasteiger partial charge on any atom is -0.465 e. The van der Waals surface area contributed by atoms with Gasteiger partial charge in [0.25, 0.3) is 5.91 Å². The second-order valence-electron chi connectivity index (χ2n) is 5.93. The number of ether oxygens (including phenoxy) is 1. The van der Waals surface area contributed by atoms with E-state index in [2.05, 4.69) is 15.8 Å². The lowest BCUT2D eigenvalue weighted by Crippen LogP contribution is -2.31. The molecule has 136 valence electrons. The van der Waals surface area contributed by atoms with Gasteiger partial charge in [0.2, 0.25) is 5.91 Å². The summed E-state index contributed by atoms with van der Waals surface area (Å²) in [5.41, 5.74) is 3.92. The summed E-state index contributed by atoms with van der Waals surface area (Å²) >= 11 is 0. The molecule has 0 saturated heterocycles. The van der Waals surface area contributed by atoms with E-state index in [4.69, 9.17) is 4.74 Å². The van der Waals surface area contributed by atoms with Crippen molar-refractivity contribution in [1.82, 2.24) is 5.43 Å². The van der Waals surface area contributed by atoms with Crippen molar-refractivity contribution in [2.45, 2.75) is 34.6 Å². The first kappa shape index (κ1) is 20.3. The summed E-state index contributed by atoms with van der Waals surface area (Å²) in [5.74, 6) is -1.46. The summed E-state index contributed by atoms with van der Waals surface area (Å²) in [6.07, 6.45) is 0. The van der Waals surface area contributed by atoms with Gasteiger partial charge in [0, 0.05) is 23.9 Å². The first-order valence-corrected chi connectivity index (χ1v) is 8.15. The standard InChI is InChI=1S/C18H25N3O4/c1-6-25-18(24)16(11(2)3)12(4)20-21-17(23)14-7-9-15(10-8-14)19-13(5)22/h7-11,16H,6H2,1-5H3,(H,19,22)(H,21,23)/b20-12+. The number of amides is 2. The van der Waals surface area contributed by atoms with Crippen LogP contribution < -0.4 is 10.7 Å². The van der Waals surface area contributed by atoms with Gasteiger partial charge < -0.3 is 10.1 Å². The number of esters is 1. The van der Waals surface area contributed by atoms with Gasteiger partial charge in [-0.15, -0.1) is 0 Å². The highest BCUT2D eigenvalue weighted by atomic mass is 16.5. The predicted octanol–water partition coefficient (Wildman–Crippen LogP) is 2.59. The van der Waals surface area contributed by atoms with E-state index in [1.54, 1.807) is 38.1 Å². The van der Waals surface area contributed by atoms with Crippen LogP contribution in [-0.2, 0) is 14.3 Å². The molecule has 0 spiro atoms. The molecule has 7 nitrogen and oxygen atoms in total.